The second-order valence-electron chi connectivity index (χ2n) is 5.23. The van der Waals surface area contributed by atoms with E-state index in [9.17, 15) is 4.79 Å². The molecule has 2 rings (SSSR count). The van der Waals surface area contributed by atoms with Gasteiger partial charge in [0.25, 0.3) is 0 Å². The average Bonchev–Trinajstić information content (AvgIpc) is 2.86. The molecule has 1 heterocycles. The second-order valence-corrected chi connectivity index (χ2v) is 5.23. The molecule has 0 spiro atoms. The predicted molar refractivity (Wildman–Crippen MR) is 81.6 cm³/mol. The van der Waals surface area contributed by atoms with Crippen molar-refractivity contribution in [2.75, 3.05) is 6.54 Å². The number of hydrogen-bond donors (Lipinski definition) is 1. The van der Waals surface area contributed by atoms with E-state index in [2.05, 4.69) is 27.9 Å². The Hall–Kier alpha value is -1.84. The zero-order chi connectivity index (χ0) is 14.4. The molecule has 1 aromatic carbocycles. The normalized spacial score (nSPS) is 12.5. The van der Waals surface area contributed by atoms with Gasteiger partial charge < -0.3 is 9.88 Å². The number of carbonyl (C=O) groups excluding carboxylic acids is 1. The SMILES string of the molecule is CCCCCC(CNC(C)=O)n1cnc2ccccc21. The molecule has 108 valence electrons. The monoisotopic (exact) mass is 273 g/mol. The molecule has 1 atom stereocenters. The smallest absolute Gasteiger partial charge is 0.216 e. The number of nitrogens with zero attached hydrogens (tertiary/aromatic N) is 2. The summed E-state index contributed by atoms with van der Waals surface area (Å²) in [6, 6.07) is 8.41. The lowest BCUT2D eigenvalue weighted by Crippen LogP contribution is -2.28. The van der Waals surface area contributed by atoms with E-state index in [4.69, 9.17) is 0 Å². The fourth-order valence-corrected chi connectivity index (χ4v) is 2.50. The van der Waals surface area contributed by atoms with Gasteiger partial charge >= 0.3 is 0 Å². The van der Waals surface area contributed by atoms with Crippen LogP contribution in [0, 0.1) is 0 Å². The van der Waals surface area contributed by atoms with Crippen molar-refractivity contribution >= 4 is 16.9 Å². The van der Waals surface area contributed by atoms with Crippen molar-refractivity contribution in [1.29, 1.82) is 0 Å². The quantitative estimate of drug-likeness (QED) is 0.787. The minimum absolute atomic E-state index is 0.0231. The van der Waals surface area contributed by atoms with Crippen molar-refractivity contribution in [2.45, 2.75) is 45.6 Å². The summed E-state index contributed by atoms with van der Waals surface area (Å²) in [5, 5.41) is 2.94. The molecule has 1 amide bonds. The molecular formula is C16H23N3O. The summed E-state index contributed by atoms with van der Waals surface area (Å²) in [4.78, 5) is 15.6. The van der Waals surface area contributed by atoms with Gasteiger partial charge in [-0.15, -0.1) is 0 Å². The number of unbranched alkanes of at least 4 members (excludes halogenated alkanes) is 2. The minimum atomic E-state index is 0.0231. The van der Waals surface area contributed by atoms with Gasteiger partial charge in [0, 0.05) is 13.5 Å². The number of benzene rings is 1. The highest BCUT2D eigenvalue weighted by Crippen LogP contribution is 2.21. The molecule has 0 aliphatic rings. The van der Waals surface area contributed by atoms with Gasteiger partial charge in [0.15, 0.2) is 0 Å². The molecule has 20 heavy (non-hydrogen) atoms. The number of rotatable bonds is 7. The molecule has 0 bridgehead atoms. The Morgan fingerprint density at radius 3 is 2.90 bits per heavy atom. The van der Waals surface area contributed by atoms with Gasteiger partial charge in [-0.05, 0) is 18.6 Å². The summed E-state index contributed by atoms with van der Waals surface area (Å²) < 4.78 is 2.20. The zero-order valence-electron chi connectivity index (χ0n) is 12.3. The molecular weight excluding hydrogens is 250 g/mol. The molecule has 0 radical (unpaired) electrons. The van der Waals surface area contributed by atoms with E-state index < -0.39 is 0 Å². The van der Waals surface area contributed by atoms with Gasteiger partial charge in [-0.3, -0.25) is 4.79 Å². The Morgan fingerprint density at radius 2 is 2.15 bits per heavy atom. The van der Waals surface area contributed by atoms with Crippen LogP contribution in [0.5, 0.6) is 0 Å². The van der Waals surface area contributed by atoms with E-state index >= 15 is 0 Å². The van der Waals surface area contributed by atoms with Crippen LogP contribution in [0.3, 0.4) is 0 Å². The van der Waals surface area contributed by atoms with E-state index in [1.807, 2.05) is 24.5 Å². The number of fused-ring (bicyclic) bond motifs is 1. The zero-order valence-corrected chi connectivity index (χ0v) is 12.3. The van der Waals surface area contributed by atoms with Crippen molar-refractivity contribution in [3.05, 3.63) is 30.6 Å². The molecule has 1 aromatic heterocycles. The molecule has 0 saturated heterocycles. The fraction of sp³-hybridized carbons (Fsp3) is 0.500. The number of amides is 1. The van der Waals surface area contributed by atoms with Crippen molar-refractivity contribution in [3.8, 4) is 0 Å². The van der Waals surface area contributed by atoms with Gasteiger partial charge in [-0.2, -0.15) is 0 Å². The van der Waals surface area contributed by atoms with Crippen LogP contribution in [-0.4, -0.2) is 22.0 Å². The van der Waals surface area contributed by atoms with Gasteiger partial charge in [0.2, 0.25) is 5.91 Å². The molecule has 0 aliphatic heterocycles. The highest BCUT2D eigenvalue weighted by Gasteiger charge is 2.14. The molecule has 2 aromatic rings. The van der Waals surface area contributed by atoms with Crippen LogP contribution in [0.1, 0.15) is 45.6 Å². The molecule has 0 aliphatic carbocycles. The lowest BCUT2D eigenvalue weighted by molar-refractivity contribution is -0.119. The van der Waals surface area contributed by atoms with Crippen LogP contribution in [0.25, 0.3) is 11.0 Å². The van der Waals surface area contributed by atoms with E-state index in [-0.39, 0.29) is 11.9 Å². The van der Waals surface area contributed by atoms with E-state index in [0.29, 0.717) is 6.54 Å². The number of hydrogen-bond acceptors (Lipinski definition) is 2. The third kappa shape index (κ3) is 3.59. The third-order valence-electron chi connectivity index (χ3n) is 3.60. The van der Waals surface area contributed by atoms with E-state index in [1.165, 1.54) is 19.3 Å². The van der Waals surface area contributed by atoms with Crippen LogP contribution >= 0.6 is 0 Å². The van der Waals surface area contributed by atoms with E-state index in [0.717, 1.165) is 17.5 Å². The van der Waals surface area contributed by atoms with E-state index in [1.54, 1.807) is 6.92 Å². The summed E-state index contributed by atoms with van der Waals surface area (Å²) in [7, 11) is 0. The van der Waals surface area contributed by atoms with Crippen molar-refractivity contribution < 1.29 is 4.79 Å². The van der Waals surface area contributed by atoms with Gasteiger partial charge in [-0.25, -0.2) is 4.98 Å². The lowest BCUT2D eigenvalue weighted by Gasteiger charge is -2.19. The van der Waals surface area contributed by atoms with Gasteiger partial charge in [0.05, 0.1) is 23.4 Å². The van der Waals surface area contributed by atoms with Crippen LogP contribution in [-0.2, 0) is 4.79 Å². The number of carbonyl (C=O) groups is 1. The first-order chi connectivity index (χ1) is 9.72. The van der Waals surface area contributed by atoms with Crippen molar-refractivity contribution in [1.82, 2.24) is 14.9 Å². The predicted octanol–water partition coefficient (Wildman–Crippen LogP) is 3.29. The lowest BCUT2D eigenvalue weighted by atomic mass is 10.1. The second kappa shape index (κ2) is 7.08. The summed E-state index contributed by atoms with van der Waals surface area (Å²) >= 11 is 0. The summed E-state index contributed by atoms with van der Waals surface area (Å²) in [6.45, 7) is 4.43. The molecule has 1 unspecified atom stereocenters. The maximum atomic E-state index is 11.2. The maximum absolute atomic E-state index is 11.2. The molecule has 0 fully saturated rings. The Morgan fingerprint density at radius 1 is 1.35 bits per heavy atom. The molecule has 0 saturated carbocycles. The van der Waals surface area contributed by atoms with Crippen LogP contribution in [0.2, 0.25) is 0 Å². The first-order valence-electron chi connectivity index (χ1n) is 7.38. The Labute approximate surface area is 120 Å². The largest absolute Gasteiger partial charge is 0.354 e. The number of imidazole rings is 1. The van der Waals surface area contributed by atoms with Crippen molar-refractivity contribution in [2.24, 2.45) is 0 Å². The first kappa shape index (κ1) is 14.6. The standard InChI is InChI=1S/C16H23N3O/c1-3-4-5-8-14(11-17-13(2)20)19-12-18-15-9-6-7-10-16(15)19/h6-7,9-10,12,14H,3-5,8,11H2,1-2H3,(H,17,20). The number of aromatic nitrogens is 2. The topological polar surface area (TPSA) is 46.9 Å². The van der Waals surface area contributed by atoms with Crippen LogP contribution in [0.15, 0.2) is 30.6 Å². The van der Waals surface area contributed by atoms with Crippen molar-refractivity contribution in [3.63, 3.8) is 0 Å². The summed E-state index contributed by atoms with van der Waals surface area (Å²) in [5.74, 6) is 0.0231. The Bertz CT molecular complexity index is 562. The number of nitrogens with one attached hydrogen (secondary N) is 1. The highest BCUT2D eigenvalue weighted by molar-refractivity contribution is 5.75. The third-order valence-corrected chi connectivity index (χ3v) is 3.60. The fourth-order valence-electron chi connectivity index (χ4n) is 2.50. The average molecular weight is 273 g/mol. The Kier molecular flexibility index (Phi) is 5.16. The minimum Gasteiger partial charge on any atom is -0.354 e. The highest BCUT2D eigenvalue weighted by atomic mass is 16.1. The summed E-state index contributed by atoms with van der Waals surface area (Å²) in [6.07, 6.45) is 6.56. The Balaban J connectivity index is 2.17. The number of para-hydroxylation sites is 2. The van der Waals surface area contributed by atoms with Crippen LogP contribution in [0.4, 0.5) is 0 Å². The molecule has 1 N–H and O–H groups in total. The molecule has 4 nitrogen and oxygen atoms in total. The first-order valence-corrected chi connectivity index (χ1v) is 7.38. The van der Waals surface area contributed by atoms with Gasteiger partial charge in [0.1, 0.15) is 0 Å². The van der Waals surface area contributed by atoms with Gasteiger partial charge in [-0.1, -0.05) is 38.3 Å². The maximum Gasteiger partial charge on any atom is 0.216 e. The summed E-state index contributed by atoms with van der Waals surface area (Å²) in [5.41, 5.74) is 2.15. The molecule has 4 heteroatoms. The van der Waals surface area contributed by atoms with Crippen LogP contribution < -0.4 is 5.32 Å².